The van der Waals surface area contributed by atoms with Gasteiger partial charge in [0.2, 0.25) is 0 Å². The van der Waals surface area contributed by atoms with Gasteiger partial charge in [-0.15, -0.1) is 0 Å². The van der Waals surface area contributed by atoms with E-state index >= 15 is 0 Å². The SMILES string of the molecule is Cc1[nH]ncc1C(=O)N(CCN)CCc1ccccc1. The second-order valence-electron chi connectivity index (χ2n) is 4.73. The highest BCUT2D eigenvalue weighted by Gasteiger charge is 2.18. The minimum atomic E-state index is -0.0161. The summed E-state index contributed by atoms with van der Waals surface area (Å²) in [4.78, 5) is 14.2. The van der Waals surface area contributed by atoms with Crippen LogP contribution >= 0.6 is 0 Å². The first-order valence-corrected chi connectivity index (χ1v) is 6.75. The molecule has 0 aliphatic rings. The van der Waals surface area contributed by atoms with Gasteiger partial charge in [0.05, 0.1) is 11.8 Å². The predicted molar refractivity (Wildman–Crippen MR) is 78.4 cm³/mol. The van der Waals surface area contributed by atoms with Crippen molar-refractivity contribution in [3.63, 3.8) is 0 Å². The summed E-state index contributed by atoms with van der Waals surface area (Å²) in [6.07, 6.45) is 2.40. The van der Waals surface area contributed by atoms with Gasteiger partial charge >= 0.3 is 0 Å². The van der Waals surface area contributed by atoms with Crippen molar-refractivity contribution < 1.29 is 4.79 Å². The number of H-pyrrole nitrogens is 1. The Bertz CT molecular complexity index is 550. The number of aromatic nitrogens is 2. The lowest BCUT2D eigenvalue weighted by atomic mass is 10.1. The van der Waals surface area contributed by atoms with Gasteiger partial charge in [-0.3, -0.25) is 9.89 Å². The van der Waals surface area contributed by atoms with E-state index in [0.29, 0.717) is 25.2 Å². The second kappa shape index (κ2) is 6.86. The Morgan fingerprint density at radius 3 is 2.65 bits per heavy atom. The molecule has 0 bridgehead atoms. The smallest absolute Gasteiger partial charge is 0.257 e. The third-order valence-electron chi connectivity index (χ3n) is 3.26. The van der Waals surface area contributed by atoms with E-state index < -0.39 is 0 Å². The number of benzene rings is 1. The maximum atomic E-state index is 12.4. The number of carbonyl (C=O) groups excluding carboxylic acids is 1. The van der Waals surface area contributed by atoms with Crippen LogP contribution in [0.5, 0.6) is 0 Å². The van der Waals surface area contributed by atoms with E-state index in [-0.39, 0.29) is 5.91 Å². The molecule has 0 saturated carbocycles. The Balaban J connectivity index is 2.03. The first kappa shape index (κ1) is 14.3. The van der Waals surface area contributed by atoms with Crippen LogP contribution in [0, 0.1) is 6.92 Å². The minimum absolute atomic E-state index is 0.0161. The van der Waals surface area contributed by atoms with Crippen molar-refractivity contribution in [3.8, 4) is 0 Å². The number of aryl methyl sites for hydroxylation is 1. The summed E-state index contributed by atoms with van der Waals surface area (Å²) in [5.41, 5.74) is 8.23. The summed E-state index contributed by atoms with van der Waals surface area (Å²) >= 11 is 0. The number of nitrogens with zero attached hydrogens (tertiary/aromatic N) is 2. The van der Waals surface area contributed by atoms with Crippen molar-refractivity contribution >= 4 is 5.91 Å². The van der Waals surface area contributed by atoms with Crippen LogP contribution in [0.3, 0.4) is 0 Å². The van der Waals surface area contributed by atoms with Crippen LogP contribution < -0.4 is 5.73 Å². The number of hydrogen-bond donors (Lipinski definition) is 2. The van der Waals surface area contributed by atoms with Gasteiger partial charge in [-0.05, 0) is 18.9 Å². The van der Waals surface area contributed by atoms with Crippen LogP contribution in [0.15, 0.2) is 36.5 Å². The van der Waals surface area contributed by atoms with Crippen molar-refractivity contribution in [2.45, 2.75) is 13.3 Å². The summed E-state index contributed by atoms with van der Waals surface area (Å²) in [5, 5.41) is 6.69. The Morgan fingerprint density at radius 2 is 2.05 bits per heavy atom. The normalized spacial score (nSPS) is 10.5. The highest BCUT2D eigenvalue weighted by molar-refractivity contribution is 5.95. The lowest BCUT2D eigenvalue weighted by Crippen LogP contribution is -2.37. The number of rotatable bonds is 6. The topological polar surface area (TPSA) is 75.0 Å². The average Bonchev–Trinajstić information content (AvgIpc) is 2.90. The van der Waals surface area contributed by atoms with Crippen LogP contribution in [-0.4, -0.2) is 40.6 Å². The summed E-state index contributed by atoms with van der Waals surface area (Å²) in [7, 11) is 0. The first-order valence-electron chi connectivity index (χ1n) is 6.75. The molecule has 3 N–H and O–H groups in total. The summed E-state index contributed by atoms with van der Waals surface area (Å²) in [6.45, 7) is 3.51. The van der Waals surface area contributed by atoms with Gasteiger partial charge in [0, 0.05) is 25.3 Å². The van der Waals surface area contributed by atoms with E-state index in [1.165, 1.54) is 5.56 Å². The molecule has 0 atom stereocenters. The van der Waals surface area contributed by atoms with Gasteiger partial charge in [-0.25, -0.2) is 0 Å². The van der Waals surface area contributed by atoms with E-state index in [9.17, 15) is 4.79 Å². The van der Waals surface area contributed by atoms with Gasteiger partial charge in [-0.2, -0.15) is 5.10 Å². The van der Waals surface area contributed by atoms with Crippen LogP contribution in [0.25, 0.3) is 0 Å². The molecule has 1 aromatic carbocycles. The fourth-order valence-electron chi connectivity index (χ4n) is 2.12. The molecular weight excluding hydrogens is 252 g/mol. The number of hydrogen-bond acceptors (Lipinski definition) is 3. The zero-order valence-electron chi connectivity index (χ0n) is 11.7. The molecule has 106 valence electrons. The molecule has 0 aliphatic heterocycles. The van der Waals surface area contributed by atoms with E-state index in [2.05, 4.69) is 22.3 Å². The molecule has 0 aliphatic carbocycles. The Labute approximate surface area is 118 Å². The third-order valence-corrected chi connectivity index (χ3v) is 3.26. The van der Waals surface area contributed by atoms with E-state index in [0.717, 1.165) is 12.1 Å². The lowest BCUT2D eigenvalue weighted by molar-refractivity contribution is 0.0761. The number of carbonyl (C=O) groups is 1. The molecule has 1 heterocycles. The zero-order chi connectivity index (χ0) is 14.4. The number of amides is 1. The Hall–Kier alpha value is -2.14. The first-order chi connectivity index (χ1) is 9.72. The van der Waals surface area contributed by atoms with E-state index in [1.807, 2.05) is 25.1 Å². The Kier molecular flexibility index (Phi) is 4.90. The standard InChI is InChI=1S/C15H20N4O/c1-12-14(11-17-18-12)15(20)19(10-8-16)9-7-13-5-3-2-4-6-13/h2-6,11H,7-10,16H2,1H3,(H,17,18). The van der Waals surface area contributed by atoms with Gasteiger partial charge < -0.3 is 10.6 Å². The zero-order valence-corrected chi connectivity index (χ0v) is 11.7. The van der Waals surface area contributed by atoms with Crippen molar-refractivity contribution in [1.29, 1.82) is 0 Å². The van der Waals surface area contributed by atoms with Gasteiger partial charge in [-0.1, -0.05) is 30.3 Å². The molecule has 1 aromatic heterocycles. The molecule has 5 heteroatoms. The molecule has 5 nitrogen and oxygen atoms in total. The molecule has 0 unspecified atom stereocenters. The summed E-state index contributed by atoms with van der Waals surface area (Å²) in [6, 6.07) is 10.1. The van der Waals surface area contributed by atoms with Gasteiger partial charge in [0.1, 0.15) is 0 Å². The van der Waals surface area contributed by atoms with E-state index in [4.69, 9.17) is 5.73 Å². The Morgan fingerprint density at radius 1 is 1.30 bits per heavy atom. The van der Waals surface area contributed by atoms with Crippen molar-refractivity contribution in [2.24, 2.45) is 5.73 Å². The largest absolute Gasteiger partial charge is 0.337 e. The van der Waals surface area contributed by atoms with Crippen LogP contribution in [0.2, 0.25) is 0 Å². The fraction of sp³-hybridized carbons (Fsp3) is 0.333. The van der Waals surface area contributed by atoms with Gasteiger partial charge in [0.15, 0.2) is 0 Å². The fourth-order valence-corrected chi connectivity index (χ4v) is 2.12. The molecule has 0 spiro atoms. The van der Waals surface area contributed by atoms with Crippen LogP contribution in [0.1, 0.15) is 21.6 Å². The van der Waals surface area contributed by atoms with Gasteiger partial charge in [0.25, 0.3) is 5.91 Å². The highest BCUT2D eigenvalue weighted by atomic mass is 16.2. The summed E-state index contributed by atoms with van der Waals surface area (Å²) in [5.74, 6) is -0.0161. The third kappa shape index (κ3) is 3.45. The molecule has 0 saturated heterocycles. The van der Waals surface area contributed by atoms with Crippen LogP contribution in [0.4, 0.5) is 0 Å². The molecule has 2 rings (SSSR count). The van der Waals surface area contributed by atoms with Crippen molar-refractivity contribution in [1.82, 2.24) is 15.1 Å². The monoisotopic (exact) mass is 272 g/mol. The maximum absolute atomic E-state index is 12.4. The molecule has 20 heavy (non-hydrogen) atoms. The predicted octanol–water partition coefficient (Wildman–Crippen LogP) is 1.36. The number of nitrogens with two attached hydrogens (primary N) is 1. The molecule has 1 amide bonds. The number of nitrogens with one attached hydrogen (secondary N) is 1. The summed E-state index contributed by atoms with van der Waals surface area (Å²) < 4.78 is 0. The average molecular weight is 272 g/mol. The maximum Gasteiger partial charge on any atom is 0.257 e. The lowest BCUT2D eigenvalue weighted by Gasteiger charge is -2.21. The number of aromatic amines is 1. The molecule has 0 fully saturated rings. The van der Waals surface area contributed by atoms with Crippen LogP contribution in [-0.2, 0) is 6.42 Å². The minimum Gasteiger partial charge on any atom is -0.337 e. The van der Waals surface area contributed by atoms with E-state index in [1.54, 1.807) is 11.1 Å². The molecule has 0 radical (unpaired) electrons. The molecular formula is C15H20N4O. The second-order valence-corrected chi connectivity index (χ2v) is 4.73. The van der Waals surface area contributed by atoms with Crippen molar-refractivity contribution in [2.75, 3.05) is 19.6 Å². The quantitative estimate of drug-likeness (QED) is 0.833. The van der Waals surface area contributed by atoms with Crippen molar-refractivity contribution in [3.05, 3.63) is 53.3 Å². The highest BCUT2D eigenvalue weighted by Crippen LogP contribution is 2.09. The molecule has 2 aromatic rings.